The zero-order valence-corrected chi connectivity index (χ0v) is 18.2. The molecular weight excluding hydrogens is 416 g/mol. The number of carbonyl (C=O) groups is 1. The van der Waals surface area contributed by atoms with Crippen LogP contribution in [-0.2, 0) is 21.9 Å². The summed E-state index contributed by atoms with van der Waals surface area (Å²) in [6.07, 6.45) is 3.51. The van der Waals surface area contributed by atoms with Crippen molar-refractivity contribution in [2.45, 2.75) is 10.1 Å². The molecule has 0 bridgehead atoms. The van der Waals surface area contributed by atoms with E-state index in [1.54, 1.807) is 23.2 Å². The van der Waals surface area contributed by atoms with Crippen molar-refractivity contribution in [2.24, 2.45) is 7.05 Å². The van der Waals surface area contributed by atoms with E-state index in [1.165, 1.54) is 36.4 Å². The van der Waals surface area contributed by atoms with Gasteiger partial charge in [-0.2, -0.15) is 4.31 Å². The molecule has 1 aliphatic heterocycles. The minimum atomic E-state index is -3.77. The third-order valence-electron chi connectivity index (χ3n) is 4.68. The second-order valence-corrected chi connectivity index (χ2v) is 9.26. The summed E-state index contributed by atoms with van der Waals surface area (Å²) in [7, 11) is 1.01. The van der Waals surface area contributed by atoms with Gasteiger partial charge in [0.25, 0.3) is 0 Å². The van der Waals surface area contributed by atoms with Crippen LogP contribution in [0.2, 0.25) is 0 Å². The summed E-state index contributed by atoms with van der Waals surface area (Å²) in [5.74, 6) is 0.927. The molecule has 0 radical (unpaired) electrons. The maximum absolute atomic E-state index is 13.1. The first-order valence-corrected chi connectivity index (χ1v) is 11.4. The van der Waals surface area contributed by atoms with E-state index < -0.39 is 10.0 Å². The number of aryl methyl sites for hydroxylation is 1. The van der Waals surface area contributed by atoms with Crippen molar-refractivity contribution < 1.29 is 22.7 Å². The van der Waals surface area contributed by atoms with Crippen LogP contribution in [0.3, 0.4) is 0 Å². The number of benzene rings is 1. The highest BCUT2D eigenvalue weighted by atomic mass is 32.2. The average Bonchev–Trinajstić information content (AvgIpc) is 3.16. The van der Waals surface area contributed by atoms with Crippen LogP contribution in [0.15, 0.2) is 40.6 Å². The number of ether oxygens (including phenoxy) is 2. The highest BCUT2D eigenvalue weighted by molar-refractivity contribution is 7.99. The number of carbonyl (C=O) groups excluding carboxylic acids is 1. The van der Waals surface area contributed by atoms with E-state index in [2.05, 4.69) is 4.98 Å². The van der Waals surface area contributed by atoms with Crippen molar-refractivity contribution in [3.63, 3.8) is 0 Å². The first kappa shape index (κ1) is 21.5. The molecule has 11 heteroatoms. The molecular formula is C18H24N4O5S2. The summed E-state index contributed by atoms with van der Waals surface area (Å²) < 4.78 is 39.8. The molecule has 158 valence electrons. The Kier molecular flexibility index (Phi) is 6.70. The van der Waals surface area contributed by atoms with Crippen molar-refractivity contribution in [2.75, 3.05) is 46.2 Å². The van der Waals surface area contributed by atoms with Gasteiger partial charge in [-0.05, 0) is 12.1 Å². The number of hydrogen-bond donors (Lipinski definition) is 0. The highest BCUT2D eigenvalue weighted by Crippen LogP contribution is 2.31. The Bertz CT molecular complexity index is 968. The van der Waals surface area contributed by atoms with Crippen LogP contribution in [0.5, 0.6) is 11.5 Å². The number of amides is 1. The van der Waals surface area contributed by atoms with Gasteiger partial charge in [-0.15, -0.1) is 0 Å². The Balaban J connectivity index is 1.64. The molecule has 29 heavy (non-hydrogen) atoms. The molecule has 1 aromatic heterocycles. The van der Waals surface area contributed by atoms with Crippen LogP contribution in [0.1, 0.15) is 0 Å². The van der Waals surface area contributed by atoms with E-state index in [0.717, 1.165) is 5.16 Å². The molecule has 1 aromatic carbocycles. The number of nitrogens with zero attached hydrogens (tertiary/aromatic N) is 4. The summed E-state index contributed by atoms with van der Waals surface area (Å²) in [6, 6.07) is 4.67. The lowest BCUT2D eigenvalue weighted by molar-refractivity contribution is -0.129. The molecule has 0 N–H and O–H groups in total. The monoisotopic (exact) mass is 440 g/mol. The van der Waals surface area contributed by atoms with Crippen molar-refractivity contribution >= 4 is 27.7 Å². The van der Waals surface area contributed by atoms with Crippen LogP contribution in [0.4, 0.5) is 0 Å². The molecule has 0 unspecified atom stereocenters. The summed E-state index contributed by atoms with van der Waals surface area (Å²) >= 11 is 1.37. The van der Waals surface area contributed by atoms with Gasteiger partial charge in [-0.25, -0.2) is 13.4 Å². The van der Waals surface area contributed by atoms with Gasteiger partial charge in [0.05, 0.1) is 20.0 Å². The lowest BCUT2D eigenvalue weighted by atomic mass is 10.3. The van der Waals surface area contributed by atoms with Gasteiger partial charge >= 0.3 is 0 Å². The topological polar surface area (TPSA) is 94.0 Å². The van der Waals surface area contributed by atoms with Crippen LogP contribution in [-0.4, -0.2) is 79.2 Å². The van der Waals surface area contributed by atoms with Crippen molar-refractivity contribution in [1.29, 1.82) is 0 Å². The second kappa shape index (κ2) is 9.06. The number of imidazole rings is 1. The molecule has 0 aliphatic carbocycles. The van der Waals surface area contributed by atoms with Gasteiger partial charge in [0, 0.05) is 51.7 Å². The maximum Gasteiger partial charge on any atom is 0.247 e. The van der Waals surface area contributed by atoms with Gasteiger partial charge in [0.15, 0.2) is 5.16 Å². The minimum Gasteiger partial charge on any atom is -0.497 e. The largest absolute Gasteiger partial charge is 0.497 e. The number of aromatic nitrogens is 2. The Morgan fingerprint density at radius 2 is 1.90 bits per heavy atom. The molecule has 2 aromatic rings. The summed E-state index contributed by atoms with van der Waals surface area (Å²) in [6.45, 7) is 1.12. The van der Waals surface area contributed by atoms with E-state index in [-0.39, 0.29) is 35.4 Å². The summed E-state index contributed by atoms with van der Waals surface area (Å²) in [5, 5.41) is 0.768. The molecule has 1 saturated heterocycles. The molecule has 9 nitrogen and oxygen atoms in total. The SMILES string of the molecule is COc1ccc(OC)c(S(=O)(=O)N2CCN(C(=O)CSc3nccn3C)CC2)c1. The van der Waals surface area contributed by atoms with Crippen LogP contribution in [0.25, 0.3) is 0 Å². The fourth-order valence-corrected chi connectivity index (χ4v) is 5.44. The predicted octanol–water partition coefficient (Wildman–Crippen LogP) is 1.06. The zero-order chi connectivity index (χ0) is 21.0. The maximum atomic E-state index is 13.1. The van der Waals surface area contributed by atoms with E-state index in [0.29, 0.717) is 18.8 Å². The van der Waals surface area contributed by atoms with Crippen LogP contribution < -0.4 is 9.47 Å². The van der Waals surface area contributed by atoms with Gasteiger partial charge in [-0.3, -0.25) is 4.79 Å². The fraction of sp³-hybridized carbons (Fsp3) is 0.444. The summed E-state index contributed by atoms with van der Waals surface area (Å²) in [5.41, 5.74) is 0. The van der Waals surface area contributed by atoms with E-state index in [4.69, 9.17) is 9.47 Å². The number of rotatable bonds is 7. The first-order valence-electron chi connectivity index (χ1n) is 8.97. The lowest BCUT2D eigenvalue weighted by Crippen LogP contribution is -2.51. The van der Waals surface area contributed by atoms with Gasteiger partial charge in [0.1, 0.15) is 16.4 Å². The quantitative estimate of drug-likeness (QED) is 0.594. The number of thioether (sulfide) groups is 1. The summed E-state index contributed by atoms with van der Waals surface area (Å²) in [4.78, 5) is 18.4. The van der Waals surface area contributed by atoms with Crippen LogP contribution >= 0.6 is 11.8 Å². The number of methoxy groups -OCH3 is 2. The second-order valence-electron chi connectivity index (χ2n) is 6.41. The van der Waals surface area contributed by atoms with Gasteiger partial charge < -0.3 is 18.9 Å². The highest BCUT2D eigenvalue weighted by Gasteiger charge is 2.32. The predicted molar refractivity (Wildman–Crippen MR) is 109 cm³/mol. The minimum absolute atomic E-state index is 0.0333. The molecule has 0 atom stereocenters. The molecule has 1 aliphatic rings. The molecule has 0 saturated carbocycles. The third-order valence-corrected chi connectivity index (χ3v) is 7.64. The standard InChI is InChI=1S/C18H24N4O5S2/c1-20-7-6-19-18(20)28-13-17(23)21-8-10-22(11-9-21)29(24,25)16-12-14(26-2)4-5-15(16)27-3/h4-7,12H,8-11,13H2,1-3H3. The number of sulfonamides is 1. The number of piperazine rings is 1. The molecule has 1 amide bonds. The third kappa shape index (κ3) is 4.68. The van der Waals surface area contributed by atoms with E-state index in [1.807, 2.05) is 17.8 Å². The Morgan fingerprint density at radius 3 is 2.48 bits per heavy atom. The molecule has 1 fully saturated rings. The van der Waals surface area contributed by atoms with E-state index in [9.17, 15) is 13.2 Å². The normalized spacial score (nSPS) is 15.3. The molecule has 3 rings (SSSR count). The zero-order valence-electron chi connectivity index (χ0n) is 16.6. The Hall–Kier alpha value is -2.24. The van der Waals surface area contributed by atoms with E-state index >= 15 is 0 Å². The molecule has 0 spiro atoms. The van der Waals surface area contributed by atoms with Crippen molar-refractivity contribution in [3.05, 3.63) is 30.6 Å². The van der Waals surface area contributed by atoms with Crippen molar-refractivity contribution in [1.82, 2.24) is 18.8 Å². The Morgan fingerprint density at radius 1 is 1.17 bits per heavy atom. The smallest absolute Gasteiger partial charge is 0.247 e. The average molecular weight is 441 g/mol. The first-order chi connectivity index (χ1) is 13.9. The fourth-order valence-electron chi connectivity index (χ4n) is 3.01. The molecule has 2 heterocycles. The van der Waals surface area contributed by atoms with Gasteiger partial charge in [0.2, 0.25) is 15.9 Å². The Labute approximate surface area is 174 Å². The van der Waals surface area contributed by atoms with Gasteiger partial charge in [-0.1, -0.05) is 11.8 Å². The van der Waals surface area contributed by atoms with Crippen LogP contribution in [0, 0.1) is 0 Å². The van der Waals surface area contributed by atoms with Crippen molar-refractivity contribution in [3.8, 4) is 11.5 Å². The number of hydrogen-bond acceptors (Lipinski definition) is 7. The lowest BCUT2D eigenvalue weighted by Gasteiger charge is -2.34.